The van der Waals surface area contributed by atoms with E-state index in [1.54, 1.807) is 10.9 Å². The van der Waals surface area contributed by atoms with Crippen LogP contribution in [-0.4, -0.2) is 19.7 Å². The van der Waals surface area contributed by atoms with E-state index in [9.17, 15) is 0 Å². The topological polar surface area (TPSA) is 81.7 Å². The summed E-state index contributed by atoms with van der Waals surface area (Å²) in [6.07, 6.45) is 1.60. The maximum absolute atomic E-state index is 6.09. The zero-order chi connectivity index (χ0) is 12.6. The quantitative estimate of drug-likeness (QED) is 0.654. The van der Waals surface area contributed by atoms with Gasteiger partial charge in [0.1, 0.15) is 0 Å². The first kappa shape index (κ1) is 12.3. The lowest BCUT2D eigenvalue weighted by Crippen LogP contribution is -2.13. The molecule has 0 amide bonds. The van der Waals surface area contributed by atoms with Gasteiger partial charge in [0.25, 0.3) is 0 Å². The highest BCUT2D eigenvalue weighted by molar-refractivity contribution is 9.10. The van der Waals surface area contributed by atoms with Gasteiger partial charge in [-0.25, -0.2) is 15.5 Å². The summed E-state index contributed by atoms with van der Waals surface area (Å²) in [7, 11) is 0. The molecule has 0 aliphatic rings. The van der Waals surface area contributed by atoms with Gasteiger partial charge in [0, 0.05) is 6.20 Å². The van der Waals surface area contributed by atoms with E-state index in [0.717, 1.165) is 11.4 Å². The monoisotopic (exact) mass is 316 g/mol. The Kier molecular flexibility index (Phi) is 3.32. The number of anilines is 1. The first-order valence-electron chi connectivity index (χ1n) is 4.76. The Morgan fingerprint density at radius 3 is 2.71 bits per heavy atom. The van der Waals surface area contributed by atoms with Crippen molar-refractivity contribution in [2.45, 2.75) is 13.8 Å². The van der Waals surface area contributed by atoms with Crippen molar-refractivity contribution in [2.24, 2.45) is 5.84 Å². The van der Waals surface area contributed by atoms with Crippen molar-refractivity contribution in [2.75, 3.05) is 5.43 Å². The molecule has 0 fully saturated rings. The molecule has 2 aromatic rings. The van der Waals surface area contributed by atoms with Crippen molar-refractivity contribution in [3.05, 3.63) is 27.1 Å². The normalized spacial score (nSPS) is 10.6. The number of hydrogen-bond acceptors (Lipinski definition) is 5. The Bertz CT molecular complexity index is 567. The van der Waals surface area contributed by atoms with Gasteiger partial charge in [-0.2, -0.15) is 10.1 Å². The van der Waals surface area contributed by atoms with Crippen LogP contribution >= 0.6 is 27.5 Å². The number of aryl methyl sites for hydroxylation is 1. The highest BCUT2D eigenvalue weighted by Crippen LogP contribution is 2.25. The molecule has 0 aliphatic carbocycles. The number of nitrogens with one attached hydrogen (secondary N) is 1. The Morgan fingerprint density at radius 2 is 2.18 bits per heavy atom. The number of hydrazine groups is 1. The maximum atomic E-state index is 6.09. The number of rotatable bonds is 2. The van der Waals surface area contributed by atoms with Gasteiger partial charge in [0.15, 0.2) is 5.82 Å². The highest BCUT2D eigenvalue weighted by Gasteiger charge is 2.14. The van der Waals surface area contributed by atoms with Gasteiger partial charge in [-0.3, -0.25) is 5.43 Å². The summed E-state index contributed by atoms with van der Waals surface area (Å²) in [4.78, 5) is 8.20. The largest absolute Gasteiger partial charge is 0.292 e. The van der Waals surface area contributed by atoms with Gasteiger partial charge in [0.05, 0.1) is 20.9 Å². The predicted molar refractivity (Wildman–Crippen MR) is 69.1 cm³/mol. The summed E-state index contributed by atoms with van der Waals surface area (Å²) in [6, 6.07) is 0. The minimum absolute atomic E-state index is 0.312. The van der Waals surface area contributed by atoms with E-state index in [1.807, 2.05) is 13.8 Å². The zero-order valence-corrected chi connectivity index (χ0v) is 11.5. The first-order chi connectivity index (χ1) is 8.04. The molecule has 0 radical (unpaired) electrons. The molecule has 0 saturated carbocycles. The summed E-state index contributed by atoms with van der Waals surface area (Å²) in [5.74, 6) is 6.17. The number of aromatic nitrogens is 4. The minimum atomic E-state index is 0.312. The molecule has 0 bridgehead atoms. The van der Waals surface area contributed by atoms with E-state index in [1.165, 1.54) is 0 Å². The van der Waals surface area contributed by atoms with E-state index in [-0.39, 0.29) is 0 Å². The maximum Gasteiger partial charge on any atom is 0.239 e. The van der Waals surface area contributed by atoms with Gasteiger partial charge >= 0.3 is 0 Å². The standard InChI is InChI=1S/C9H10BrClN6/c1-4-7(11)5(2)17(16-4)8-6(10)3-13-9(14-8)15-12/h3H,12H2,1-2H3,(H,13,14,15). The van der Waals surface area contributed by atoms with Crippen LogP contribution in [0.4, 0.5) is 5.95 Å². The van der Waals surface area contributed by atoms with E-state index in [0.29, 0.717) is 21.3 Å². The fraction of sp³-hybridized carbons (Fsp3) is 0.222. The second kappa shape index (κ2) is 4.59. The molecule has 3 N–H and O–H groups in total. The van der Waals surface area contributed by atoms with Crippen LogP contribution in [0.1, 0.15) is 11.4 Å². The molecule has 2 aromatic heterocycles. The van der Waals surface area contributed by atoms with E-state index < -0.39 is 0 Å². The summed E-state index contributed by atoms with van der Waals surface area (Å²) in [5.41, 5.74) is 3.95. The molecular formula is C9H10BrClN6. The van der Waals surface area contributed by atoms with Crippen LogP contribution in [0.5, 0.6) is 0 Å². The van der Waals surface area contributed by atoms with Crippen LogP contribution in [0.3, 0.4) is 0 Å². The van der Waals surface area contributed by atoms with E-state index in [4.69, 9.17) is 17.4 Å². The molecule has 17 heavy (non-hydrogen) atoms. The lowest BCUT2D eigenvalue weighted by atomic mass is 10.4. The SMILES string of the molecule is Cc1nn(-c2nc(NN)ncc2Br)c(C)c1Cl. The zero-order valence-electron chi connectivity index (χ0n) is 9.20. The number of nitrogen functional groups attached to an aromatic ring is 1. The molecule has 0 atom stereocenters. The fourth-order valence-electron chi connectivity index (χ4n) is 1.41. The number of hydrogen-bond donors (Lipinski definition) is 2. The molecule has 90 valence electrons. The molecule has 0 unspecified atom stereocenters. The van der Waals surface area contributed by atoms with E-state index in [2.05, 4.69) is 36.4 Å². The summed E-state index contributed by atoms with van der Waals surface area (Å²) in [5, 5.41) is 4.94. The molecule has 0 aliphatic heterocycles. The fourth-order valence-corrected chi connectivity index (χ4v) is 1.88. The van der Waals surface area contributed by atoms with Crippen molar-refractivity contribution in [3.8, 4) is 5.82 Å². The predicted octanol–water partition coefficient (Wildman–Crippen LogP) is 1.98. The second-order valence-corrected chi connectivity index (χ2v) is 4.64. The van der Waals surface area contributed by atoms with Crippen molar-refractivity contribution in [3.63, 3.8) is 0 Å². The molecule has 0 aromatic carbocycles. The Morgan fingerprint density at radius 1 is 1.47 bits per heavy atom. The second-order valence-electron chi connectivity index (χ2n) is 3.41. The molecule has 8 heteroatoms. The van der Waals surface area contributed by atoms with Gasteiger partial charge in [-0.05, 0) is 29.8 Å². The lowest BCUT2D eigenvalue weighted by Gasteiger charge is -2.07. The summed E-state index contributed by atoms with van der Waals surface area (Å²) in [6.45, 7) is 3.70. The van der Waals surface area contributed by atoms with Crippen molar-refractivity contribution < 1.29 is 0 Å². The van der Waals surface area contributed by atoms with Gasteiger partial charge < -0.3 is 0 Å². The third-order valence-electron chi connectivity index (χ3n) is 2.26. The Hall–Kier alpha value is -1.18. The van der Waals surface area contributed by atoms with Crippen LogP contribution in [0.25, 0.3) is 5.82 Å². The van der Waals surface area contributed by atoms with Gasteiger partial charge in [0.2, 0.25) is 5.95 Å². The van der Waals surface area contributed by atoms with Crippen LogP contribution in [-0.2, 0) is 0 Å². The van der Waals surface area contributed by atoms with Crippen molar-refractivity contribution in [1.82, 2.24) is 19.7 Å². The first-order valence-corrected chi connectivity index (χ1v) is 5.93. The summed E-state index contributed by atoms with van der Waals surface area (Å²) < 4.78 is 2.35. The highest BCUT2D eigenvalue weighted by atomic mass is 79.9. The molecule has 6 nitrogen and oxygen atoms in total. The smallest absolute Gasteiger partial charge is 0.239 e. The molecule has 0 saturated heterocycles. The third-order valence-corrected chi connectivity index (χ3v) is 3.36. The van der Waals surface area contributed by atoms with Crippen molar-refractivity contribution in [1.29, 1.82) is 0 Å². The minimum Gasteiger partial charge on any atom is -0.292 e. The molecule has 0 spiro atoms. The molecule has 2 rings (SSSR count). The van der Waals surface area contributed by atoms with Gasteiger partial charge in [-0.15, -0.1) is 0 Å². The van der Waals surface area contributed by atoms with Crippen LogP contribution in [0.15, 0.2) is 10.7 Å². The molecular weight excluding hydrogens is 307 g/mol. The Labute approximate surface area is 111 Å². The van der Waals surface area contributed by atoms with Gasteiger partial charge in [-0.1, -0.05) is 11.6 Å². The average molecular weight is 318 g/mol. The Balaban J connectivity index is 2.63. The molecule has 2 heterocycles. The number of nitrogens with two attached hydrogens (primary N) is 1. The summed E-state index contributed by atoms with van der Waals surface area (Å²) >= 11 is 9.46. The van der Waals surface area contributed by atoms with Crippen LogP contribution in [0.2, 0.25) is 5.02 Å². The van der Waals surface area contributed by atoms with Crippen LogP contribution in [0, 0.1) is 13.8 Å². The van der Waals surface area contributed by atoms with E-state index >= 15 is 0 Å². The third kappa shape index (κ3) is 2.13. The number of nitrogens with zero attached hydrogens (tertiary/aromatic N) is 4. The number of halogens is 2. The van der Waals surface area contributed by atoms with Crippen molar-refractivity contribution >= 4 is 33.5 Å². The van der Waals surface area contributed by atoms with Crippen LogP contribution < -0.4 is 11.3 Å². The lowest BCUT2D eigenvalue weighted by molar-refractivity contribution is 0.796. The average Bonchev–Trinajstić information content (AvgIpc) is 2.58.